The van der Waals surface area contributed by atoms with Crippen molar-refractivity contribution in [3.05, 3.63) is 18.7 Å². The summed E-state index contributed by atoms with van der Waals surface area (Å²) in [6, 6.07) is 0. The number of hydrogen-bond acceptors (Lipinski definition) is 5. The average molecular weight is 247 g/mol. The number of alkyl halides is 3. The van der Waals surface area contributed by atoms with Crippen LogP contribution in [0.3, 0.4) is 0 Å². The van der Waals surface area contributed by atoms with Crippen LogP contribution in [0.4, 0.5) is 19.0 Å². The van der Waals surface area contributed by atoms with E-state index in [2.05, 4.69) is 20.5 Å². The van der Waals surface area contributed by atoms with E-state index in [1.807, 2.05) is 0 Å². The number of nitrogens with one attached hydrogen (secondary N) is 1. The van der Waals surface area contributed by atoms with Gasteiger partial charge in [0.1, 0.15) is 6.33 Å². The van der Waals surface area contributed by atoms with Gasteiger partial charge in [-0.2, -0.15) is 13.2 Å². The molecule has 17 heavy (non-hydrogen) atoms. The van der Waals surface area contributed by atoms with E-state index >= 15 is 0 Å². The molecule has 0 fully saturated rings. The minimum Gasteiger partial charge on any atom is -0.382 e. The fourth-order valence-electron chi connectivity index (χ4n) is 1.19. The van der Waals surface area contributed by atoms with Crippen molar-refractivity contribution in [1.29, 1.82) is 0 Å². The Balaban J connectivity index is 2.12. The minimum atomic E-state index is -4.66. The molecule has 0 aliphatic carbocycles. The summed E-state index contributed by atoms with van der Waals surface area (Å²) in [5.74, 6) is 0.133. The molecule has 0 radical (unpaired) electrons. The number of aromatic nitrogens is 4. The first-order valence-corrected chi connectivity index (χ1v) is 4.61. The second-order valence-electron chi connectivity index (χ2n) is 3.28. The maximum Gasteiger partial charge on any atom is 0.416 e. The maximum atomic E-state index is 12.1. The predicted octanol–water partition coefficient (Wildman–Crippen LogP) is 0.459. The molecular formula is C8H8F3N5O. The number of aliphatic hydroxyl groups is 1. The molecule has 0 aliphatic heterocycles. The smallest absolute Gasteiger partial charge is 0.382 e. The topological polar surface area (TPSA) is 75.3 Å². The molecule has 9 heteroatoms. The fraction of sp³-hybridized carbons (Fsp3) is 0.375. The van der Waals surface area contributed by atoms with Gasteiger partial charge in [-0.25, -0.2) is 4.98 Å². The van der Waals surface area contributed by atoms with Crippen LogP contribution in [-0.4, -0.2) is 43.5 Å². The van der Waals surface area contributed by atoms with Gasteiger partial charge in [-0.15, -0.1) is 10.2 Å². The van der Waals surface area contributed by atoms with Crippen LogP contribution in [0.15, 0.2) is 18.7 Å². The lowest BCUT2D eigenvalue weighted by atomic mass is 10.3. The number of fused-ring (bicyclic) bond motifs is 1. The normalized spacial score (nSPS) is 13.9. The highest BCUT2D eigenvalue weighted by molar-refractivity contribution is 5.61. The molecule has 0 saturated carbocycles. The highest BCUT2D eigenvalue weighted by Crippen LogP contribution is 2.20. The zero-order valence-corrected chi connectivity index (χ0v) is 8.39. The van der Waals surface area contributed by atoms with Crippen molar-refractivity contribution < 1.29 is 18.3 Å². The molecule has 1 unspecified atom stereocenters. The van der Waals surface area contributed by atoms with Crippen molar-refractivity contribution in [1.82, 2.24) is 19.6 Å². The number of hydrogen-bond donors (Lipinski definition) is 2. The van der Waals surface area contributed by atoms with Gasteiger partial charge in [-0.1, -0.05) is 0 Å². The summed E-state index contributed by atoms with van der Waals surface area (Å²) >= 11 is 0. The van der Waals surface area contributed by atoms with Crippen molar-refractivity contribution in [2.45, 2.75) is 12.3 Å². The molecule has 6 nitrogen and oxygen atoms in total. The van der Waals surface area contributed by atoms with Gasteiger partial charge in [0.2, 0.25) is 5.65 Å². The Morgan fingerprint density at radius 3 is 2.94 bits per heavy atom. The number of anilines is 1. The zero-order chi connectivity index (χ0) is 12.5. The van der Waals surface area contributed by atoms with E-state index < -0.39 is 18.8 Å². The third-order valence-corrected chi connectivity index (χ3v) is 2.06. The Morgan fingerprint density at radius 1 is 1.47 bits per heavy atom. The highest BCUT2D eigenvalue weighted by Gasteiger charge is 2.38. The standard InChI is InChI=1S/C8H8F3N5O/c9-8(10,11)5(17)3-13-6-7-15-14-4-16(7)2-1-12-6/h1-2,4-5,17H,3H2,(H,12,13). The summed E-state index contributed by atoms with van der Waals surface area (Å²) in [6.07, 6.45) is -2.78. The van der Waals surface area contributed by atoms with E-state index in [1.165, 1.54) is 16.9 Å². The Morgan fingerprint density at radius 2 is 2.24 bits per heavy atom. The molecule has 0 saturated heterocycles. The summed E-state index contributed by atoms with van der Waals surface area (Å²) in [5, 5.41) is 18.5. The SMILES string of the molecule is OC(CNc1nccn2cnnc12)C(F)(F)F. The van der Waals surface area contributed by atoms with Crippen molar-refractivity contribution in [2.24, 2.45) is 0 Å². The first-order chi connectivity index (χ1) is 7.98. The lowest BCUT2D eigenvalue weighted by Gasteiger charge is -2.15. The highest BCUT2D eigenvalue weighted by atomic mass is 19.4. The summed E-state index contributed by atoms with van der Waals surface area (Å²) < 4.78 is 37.7. The summed E-state index contributed by atoms with van der Waals surface area (Å²) in [6.45, 7) is -0.691. The Kier molecular flexibility index (Phi) is 2.84. The van der Waals surface area contributed by atoms with E-state index in [-0.39, 0.29) is 5.82 Å². The van der Waals surface area contributed by atoms with Crippen LogP contribution in [0.1, 0.15) is 0 Å². The predicted molar refractivity (Wildman–Crippen MR) is 51.3 cm³/mol. The van der Waals surface area contributed by atoms with Crippen LogP contribution in [0.2, 0.25) is 0 Å². The van der Waals surface area contributed by atoms with E-state index in [0.717, 1.165) is 0 Å². The lowest BCUT2D eigenvalue weighted by molar-refractivity contribution is -0.198. The first-order valence-electron chi connectivity index (χ1n) is 4.61. The minimum absolute atomic E-state index is 0.133. The van der Waals surface area contributed by atoms with Gasteiger partial charge in [-0.05, 0) is 0 Å². The number of rotatable bonds is 3. The molecule has 0 bridgehead atoms. The second-order valence-corrected chi connectivity index (χ2v) is 3.28. The second kappa shape index (κ2) is 4.17. The van der Waals surface area contributed by atoms with Crippen LogP contribution < -0.4 is 5.32 Å². The quantitative estimate of drug-likeness (QED) is 0.824. The summed E-state index contributed by atoms with van der Waals surface area (Å²) in [7, 11) is 0. The van der Waals surface area contributed by atoms with E-state index in [9.17, 15) is 13.2 Å². The van der Waals surface area contributed by atoms with Crippen LogP contribution >= 0.6 is 0 Å². The van der Waals surface area contributed by atoms with E-state index in [4.69, 9.17) is 5.11 Å². The monoisotopic (exact) mass is 247 g/mol. The largest absolute Gasteiger partial charge is 0.416 e. The molecule has 2 aromatic rings. The van der Waals surface area contributed by atoms with Gasteiger partial charge < -0.3 is 10.4 Å². The zero-order valence-electron chi connectivity index (χ0n) is 8.39. The van der Waals surface area contributed by atoms with Crippen LogP contribution in [-0.2, 0) is 0 Å². The van der Waals surface area contributed by atoms with Crippen molar-refractivity contribution >= 4 is 11.5 Å². The molecule has 0 amide bonds. The van der Waals surface area contributed by atoms with Crippen molar-refractivity contribution in [3.8, 4) is 0 Å². The van der Waals surface area contributed by atoms with Crippen LogP contribution in [0, 0.1) is 0 Å². The van der Waals surface area contributed by atoms with Gasteiger partial charge in [-0.3, -0.25) is 4.40 Å². The molecular weight excluding hydrogens is 239 g/mol. The first kappa shape index (κ1) is 11.6. The van der Waals surface area contributed by atoms with Crippen LogP contribution in [0.5, 0.6) is 0 Å². The Labute approximate surface area is 93.1 Å². The molecule has 2 N–H and O–H groups in total. The molecule has 0 aliphatic rings. The molecule has 0 spiro atoms. The fourth-order valence-corrected chi connectivity index (χ4v) is 1.19. The molecule has 2 heterocycles. The molecule has 0 aromatic carbocycles. The molecule has 2 aromatic heterocycles. The van der Waals surface area contributed by atoms with Gasteiger partial charge in [0.15, 0.2) is 11.9 Å². The van der Waals surface area contributed by atoms with Gasteiger partial charge in [0, 0.05) is 12.4 Å². The number of halogens is 3. The number of nitrogens with zero attached hydrogens (tertiary/aromatic N) is 4. The summed E-state index contributed by atoms with van der Waals surface area (Å²) in [4.78, 5) is 3.82. The van der Waals surface area contributed by atoms with Gasteiger partial charge >= 0.3 is 6.18 Å². The Bertz CT molecular complexity index is 511. The maximum absolute atomic E-state index is 12.1. The molecule has 92 valence electrons. The molecule has 2 rings (SSSR count). The van der Waals surface area contributed by atoms with Crippen molar-refractivity contribution in [2.75, 3.05) is 11.9 Å². The van der Waals surface area contributed by atoms with Crippen molar-refractivity contribution in [3.63, 3.8) is 0 Å². The van der Waals surface area contributed by atoms with E-state index in [0.29, 0.717) is 5.65 Å². The van der Waals surface area contributed by atoms with Gasteiger partial charge in [0.25, 0.3) is 0 Å². The van der Waals surface area contributed by atoms with Gasteiger partial charge in [0.05, 0.1) is 6.54 Å². The Hall–Kier alpha value is -1.90. The average Bonchev–Trinajstić information content (AvgIpc) is 2.72. The third-order valence-electron chi connectivity index (χ3n) is 2.06. The number of aliphatic hydroxyl groups excluding tert-OH is 1. The lowest BCUT2D eigenvalue weighted by Crippen LogP contribution is -2.35. The summed E-state index contributed by atoms with van der Waals surface area (Å²) in [5.41, 5.74) is 0.293. The molecule has 1 atom stereocenters. The van der Waals surface area contributed by atoms with E-state index in [1.54, 1.807) is 6.20 Å². The third kappa shape index (κ3) is 2.44. The van der Waals surface area contributed by atoms with Crippen LogP contribution in [0.25, 0.3) is 5.65 Å².